The largest absolute Gasteiger partial charge is 0.379 e. The number of nitrogens with one attached hydrogen (secondary N) is 1. The lowest BCUT2D eigenvalue weighted by molar-refractivity contribution is 0.0339. The molecule has 1 fully saturated rings. The van der Waals surface area contributed by atoms with E-state index in [0.29, 0.717) is 6.04 Å². The number of ether oxygens (including phenoxy) is 1. The van der Waals surface area contributed by atoms with Gasteiger partial charge in [-0.05, 0) is 31.5 Å². The van der Waals surface area contributed by atoms with Gasteiger partial charge in [0.15, 0.2) is 0 Å². The molecule has 1 aliphatic heterocycles. The monoisotopic (exact) mass is 300 g/mol. The van der Waals surface area contributed by atoms with Crippen molar-refractivity contribution in [2.24, 2.45) is 0 Å². The molecule has 0 aliphatic carbocycles. The maximum absolute atomic E-state index is 13.5. The van der Waals surface area contributed by atoms with Crippen LogP contribution in [-0.2, 0) is 4.74 Å². The van der Waals surface area contributed by atoms with Gasteiger partial charge in [-0.1, -0.05) is 17.7 Å². The highest BCUT2D eigenvalue weighted by Gasteiger charge is 2.16. The maximum atomic E-state index is 13.5. The summed E-state index contributed by atoms with van der Waals surface area (Å²) in [4.78, 5) is 2.39. The number of hydrogen-bond donors (Lipinski definition) is 1. The van der Waals surface area contributed by atoms with E-state index in [1.54, 1.807) is 6.07 Å². The molecule has 1 heterocycles. The molecule has 2 unspecified atom stereocenters. The average molecular weight is 301 g/mol. The van der Waals surface area contributed by atoms with Crippen molar-refractivity contribution in [3.8, 4) is 0 Å². The molecule has 2 atom stereocenters. The molecule has 1 aromatic rings. The van der Waals surface area contributed by atoms with Crippen LogP contribution in [0.4, 0.5) is 4.39 Å². The van der Waals surface area contributed by atoms with Crippen molar-refractivity contribution in [1.82, 2.24) is 10.2 Å². The van der Waals surface area contributed by atoms with Gasteiger partial charge in [-0.2, -0.15) is 0 Å². The second-order valence-corrected chi connectivity index (χ2v) is 5.78. The van der Waals surface area contributed by atoms with Crippen molar-refractivity contribution in [2.45, 2.75) is 25.9 Å². The van der Waals surface area contributed by atoms with Gasteiger partial charge in [0.2, 0.25) is 0 Å². The Hall–Kier alpha value is -0.680. The fraction of sp³-hybridized carbons (Fsp3) is 0.600. The first-order valence-electron chi connectivity index (χ1n) is 7.07. The van der Waals surface area contributed by atoms with E-state index in [2.05, 4.69) is 17.1 Å². The Morgan fingerprint density at radius 1 is 1.35 bits per heavy atom. The van der Waals surface area contributed by atoms with Gasteiger partial charge >= 0.3 is 0 Å². The van der Waals surface area contributed by atoms with Gasteiger partial charge in [0.05, 0.1) is 18.2 Å². The fourth-order valence-corrected chi connectivity index (χ4v) is 2.65. The summed E-state index contributed by atoms with van der Waals surface area (Å²) in [5, 5.41) is 3.67. The molecule has 0 spiro atoms. The van der Waals surface area contributed by atoms with E-state index in [1.807, 2.05) is 13.0 Å². The molecule has 1 N–H and O–H groups in total. The van der Waals surface area contributed by atoms with Crippen LogP contribution in [0, 0.1) is 5.82 Å². The molecule has 3 nitrogen and oxygen atoms in total. The van der Waals surface area contributed by atoms with Gasteiger partial charge in [-0.25, -0.2) is 4.39 Å². The van der Waals surface area contributed by atoms with E-state index < -0.39 is 0 Å². The minimum absolute atomic E-state index is 0.0952. The second kappa shape index (κ2) is 7.36. The van der Waals surface area contributed by atoms with Crippen LogP contribution in [-0.4, -0.2) is 43.8 Å². The van der Waals surface area contributed by atoms with Crippen molar-refractivity contribution in [2.75, 3.05) is 32.8 Å². The van der Waals surface area contributed by atoms with E-state index in [9.17, 15) is 4.39 Å². The fourth-order valence-electron chi connectivity index (χ4n) is 2.53. The number of rotatable bonds is 5. The maximum Gasteiger partial charge on any atom is 0.142 e. The van der Waals surface area contributed by atoms with E-state index >= 15 is 0 Å². The van der Waals surface area contributed by atoms with Crippen molar-refractivity contribution < 1.29 is 9.13 Å². The first-order chi connectivity index (χ1) is 9.56. The van der Waals surface area contributed by atoms with Crippen molar-refractivity contribution in [3.05, 3.63) is 34.6 Å². The SMILES string of the molecule is CC(CN1CCOCC1)NC(C)c1ccc(Cl)c(F)c1. The van der Waals surface area contributed by atoms with Crippen LogP contribution in [0.2, 0.25) is 5.02 Å². The smallest absolute Gasteiger partial charge is 0.142 e. The molecule has 0 aromatic heterocycles. The lowest BCUT2D eigenvalue weighted by Gasteiger charge is -2.30. The van der Waals surface area contributed by atoms with E-state index in [4.69, 9.17) is 16.3 Å². The highest BCUT2D eigenvalue weighted by atomic mass is 35.5. The number of benzene rings is 1. The van der Waals surface area contributed by atoms with Gasteiger partial charge < -0.3 is 10.1 Å². The quantitative estimate of drug-likeness (QED) is 0.905. The summed E-state index contributed by atoms with van der Waals surface area (Å²) in [6.07, 6.45) is 0. The van der Waals surface area contributed by atoms with Crippen LogP contribution in [0.5, 0.6) is 0 Å². The van der Waals surface area contributed by atoms with Crippen LogP contribution in [0.3, 0.4) is 0 Å². The van der Waals surface area contributed by atoms with E-state index in [0.717, 1.165) is 38.4 Å². The molecule has 1 aromatic carbocycles. The van der Waals surface area contributed by atoms with Gasteiger partial charge in [0, 0.05) is 31.7 Å². The third-order valence-electron chi connectivity index (χ3n) is 3.61. The number of hydrogen-bond acceptors (Lipinski definition) is 3. The second-order valence-electron chi connectivity index (χ2n) is 5.38. The number of nitrogens with zero attached hydrogens (tertiary/aromatic N) is 1. The lowest BCUT2D eigenvalue weighted by Crippen LogP contribution is -2.44. The van der Waals surface area contributed by atoms with Crippen LogP contribution < -0.4 is 5.32 Å². The van der Waals surface area contributed by atoms with E-state index in [-0.39, 0.29) is 16.9 Å². The van der Waals surface area contributed by atoms with Crippen LogP contribution in [0.1, 0.15) is 25.5 Å². The van der Waals surface area contributed by atoms with Crippen LogP contribution in [0.25, 0.3) is 0 Å². The van der Waals surface area contributed by atoms with Crippen LogP contribution in [0.15, 0.2) is 18.2 Å². The van der Waals surface area contributed by atoms with Crippen molar-refractivity contribution in [1.29, 1.82) is 0 Å². The van der Waals surface area contributed by atoms with Gasteiger partial charge in [0.25, 0.3) is 0 Å². The Labute approximate surface area is 125 Å². The molecule has 20 heavy (non-hydrogen) atoms. The Balaban J connectivity index is 1.86. The minimum Gasteiger partial charge on any atom is -0.379 e. The Bertz CT molecular complexity index is 438. The Morgan fingerprint density at radius 3 is 2.70 bits per heavy atom. The predicted octanol–water partition coefficient (Wildman–Crippen LogP) is 2.85. The summed E-state index contributed by atoms with van der Waals surface area (Å²) < 4.78 is 18.8. The lowest BCUT2D eigenvalue weighted by atomic mass is 10.1. The van der Waals surface area contributed by atoms with Crippen molar-refractivity contribution >= 4 is 11.6 Å². The number of morpholine rings is 1. The highest BCUT2D eigenvalue weighted by molar-refractivity contribution is 6.30. The molecule has 0 bridgehead atoms. The molecule has 112 valence electrons. The van der Waals surface area contributed by atoms with Gasteiger partial charge in [0.1, 0.15) is 5.82 Å². The highest BCUT2D eigenvalue weighted by Crippen LogP contribution is 2.20. The predicted molar refractivity (Wildman–Crippen MR) is 79.7 cm³/mol. The molecule has 0 radical (unpaired) electrons. The average Bonchev–Trinajstić information content (AvgIpc) is 2.42. The summed E-state index contributed by atoms with van der Waals surface area (Å²) in [7, 11) is 0. The summed E-state index contributed by atoms with van der Waals surface area (Å²) in [5.41, 5.74) is 0.917. The zero-order valence-corrected chi connectivity index (χ0v) is 12.8. The summed E-state index contributed by atoms with van der Waals surface area (Å²) >= 11 is 5.71. The molecule has 2 rings (SSSR count). The molecular formula is C15H22ClFN2O. The van der Waals surface area contributed by atoms with Gasteiger partial charge in [-0.3, -0.25) is 4.90 Å². The molecule has 1 aliphatic rings. The van der Waals surface area contributed by atoms with E-state index in [1.165, 1.54) is 6.07 Å². The molecular weight excluding hydrogens is 279 g/mol. The third kappa shape index (κ3) is 4.42. The molecule has 0 amide bonds. The molecule has 1 saturated heterocycles. The van der Waals surface area contributed by atoms with Crippen molar-refractivity contribution in [3.63, 3.8) is 0 Å². The normalized spacial score (nSPS) is 19.8. The standard InChI is InChI=1S/C15H22ClFN2O/c1-11(10-19-5-7-20-8-6-19)18-12(2)13-3-4-14(16)15(17)9-13/h3-4,9,11-12,18H,5-8,10H2,1-2H3. The Morgan fingerprint density at radius 2 is 2.05 bits per heavy atom. The first-order valence-corrected chi connectivity index (χ1v) is 7.45. The first kappa shape index (κ1) is 15.7. The zero-order chi connectivity index (χ0) is 14.5. The summed E-state index contributed by atoms with van der Waals surface area (Å²) in [5.74, 6) is -0.362. The minimum atomic E-state index is -0.362. The van der Waals surface area contributed by atoms with Crippen LogP contribution >= 0.6 is 11.6 Å². The zero-order valence-electron chi connectivity index (χ0n) is 12.0. The number of halogens is 2. The molecule has 5 heteroatoms. The third-order valence-corrected chi connectivity index (χ3v) is 3.92. The summed E-state index contributed by atoms with van der Waals surface area (Å²) in [6, 6.07) is 5.41. The molecule has 0 saturated carbocycles. The van der Waals surface area contributed by atoms with Gasteiger partial charge in [-0.15, -0.1) is 0 Å². The Kier molecular flexibility index (Phi) is 5.78. The topological polar surface area (TPSA) is 24.5 Å². The summed E-state index contributed by atoms with van der Waals surface area (Å²) in [6.45, 7) is 8.75.